The number of halogens is 3. The summed E-state index contributed by atoms with van der Waals surface area (Å²) in [5.74, 6) is 0.582. The Kier molecular flexibility index (Phi) is 4.61. The van der Waals surface area contributed by atoms with Crippen molar-refractivity contribution >= 4 is 23.1 Å². The summed E-state index contributed by atoms with van der Waals surface area (Å²) >= 11 is 0. The largest absolute Gasteiger partial charge is 0.416 e. The van der Waals surface area contributed by atoms with Crippen LogP contribution in [0.4, 0.5) is 30.4 Å². The molecule has 2 aromatic heterocycles. The summed E-state index contributed by atoms with van der Waals surface area (Å²) in [4.78, 5) is 16.2. The van der Waals surface area contributed by atoms with Gasteiger partial charge in [-0.3, -0.25) is 9.78 Å². The third-order valence-corrected chi connectivity index (χ3v) is 3.37. The Morgan fingerprint density at radius 2 is 1.81 bits per heavy atom. The van der Waals surface area contributed by atoms with Gasteiger partial charge in [-0.25, -0.2) is 0 Å². The number of aryl methyl sites for hydroxylation is 1. The predicted molar refractivity (Wildman–Crippen MR) is 88.2 cm³/mol. The summed E-state index contributed by atoms with van der Waals surface area (Å²) in [5, 5.41) is 9.23. The number of aromatic nitrogens is 2. The predicted octanol–water partition coefficient (Wildman–Crippen LogP) is 4.39. The van der Waals surface area contributed by atoms with E-state index in [1.807, 2.05) is 0 Å². The normalized spacial score (nSPS) is 11.2. The van der Waals surface area contributed by atoms with Crippen LogP contribution in [0.3, 0.4) is 0 Å². The highest BCUT2D eigenvalue weighted by molar-refractivity contribution is 6.04. The van der Waals surface area contributed by atoms with E-state index in [0.717, 1.165) is 12.1 Å². The number of hydrogen-bond donors (Lipinski definition) is 2. The van der Waals surface area contributed by atoms with Gasteiger partial charge >= 0.3 is 6.18 Å². The molecule has 0 saturated carbocycles. The van der Waals surface area contributed by atoms with Gasteiger partial charge in [0.25, 0.3) is 5.91 Å². The Balaban J connectivity index is 1.70. The van der Waals surface area contributed by atoms with E-state index in [9.17, 15) is 18.0 Å². The first kappa shape index (κ1) is 17.5. The number of nitrogens with one attached hydrogen (secondary N) is 2. The smallest absolute Gasteiger partial charge is 0.360 e. The van der Waals surface area contributed by atoms with E-state index in [2.05, 4.69) is 20.8 Å². The van der Waals surface area contributed by atoms with Crippen LogP contribution in [0.5, 0.6) is 0 Å². The van der Waals surface area contributed by atoms with Gasteiger partial charge in [0, 0.05) is 18.0 Å². The maximum Gasteiger partial charge on any atom is 0.416 e. The van der Waals surface area contributed by atoms with Crippen molar-refractivity contribution in [2.24, 2.45) is 0 Å². The molecule has 3 rings (SSSR count). The number of alkyl halides is 3. The first-order valence-corrected chi connectivity index (χ1v) is 7.45. The van der Waals surface area contributed by atoms with E-state index in [-0.39, 0.29) is 11.3 Å². The molecule has 134 valence electrons. The zero-order valence-corrected chi connectivity index (χ0v) is 13.5. The second-order valence-corrected chi connectivity index (χ2v) is 5.44. The molecule has 1 amide bonds. The van der Waals surface area contributed by atoms with E-state index >= 15 is 0 Å². The van der Waals surface area contributed by atoms with Crippen molar-refractivity contribution in [3.8, 4) is 0 Å². The van der Waals surface area contributed by atoms with E-state index in [1.165, 1.54) is 30.6 Å². The van der Waals surface area contributed by atoms with Crippen LogP contribution >= 0.6 is 0 Å². The van der Waals surface area contributed by atoms with Gasteiger partial charge in [0.1, 0.15) is 5.76 Å². The molecular weight excluding hydrogens is 349 g/mol. The Hall–Kier alpha value is -3.36. The first-order chi connectivity index (χ1) is 12.3. The number of rotatable bonds is 4. The van der Waals surface area contributed by atoms with Crippen molar-refractivity contribution < 1.29 is 22.5 Å². The lowest BCUT2D eigenvalue weighted by molar-refractivity contribution is -0.137. The first-order valence-electron chi connectivity index (χ1n) is 7.45. The van der Waals surface area contributed by atoms with Crippen LogP contribution in [0.25, 0.3) is 0 Å². The van der Waals surface area contributed by atoms with E-state index in [4.69, 9.17) is 4.52 Å². The Morgan fingerprint density at radius 3 is 2.42 bits per heavy atom. The maximum atomic E-state index is 12.6. The third kappa shape index (κ3) is 4.18. The zero-order chi connectivity index (χ0) is 18.7. The Labute approximate surface area is 146 Å². The molecule has 1 aromatic carbocycles. The lowest BCUT2D eigenvalue weighted by Gasteiger charge is -2.09. The number of carbonyl (C=O) groups is 1. The number of hydrogen-bond acceptors (Lipinski definition) is 5. The average Bonchev–Trinajstić information content (AvgIpc) is 2.99. The van der Waals surface area contributed by atoms with Crippen LogP contribution in [-0.4, -0.2) is 16.0 Å². The molecule has 0 unspecified atom stereocenters. The fraction of sp³-hybridized carbons (Fsp3) is 0.118. The molecule has 3 aromatic rings. The number of amides is 1. The van der Waals surface area contributed by atoms with E-state index in [0.29, 0.717) is 17.3 Å². The molecule has 9 heteroatoms. The lowest BCUT2D eigenvalue weighted by atomic mass is 10.2. The molecule has 0 aliphatic carbocycles. The number of nitrogens with zero attached hydrogens (tertiary/aromatic N) is 2. The van der Waals surface area contributed by atoms with Crippen LogP contribution < -0.4 is 10.6 Å². The Morgan fingerprint density at radius 1 is 1.08 bits per heavy atom. The van der Waals surface area contributed by atoms with Crippen molar-refractivity contribution in [3.05, 3.63) is 65.7 Å². The van der Waals surface area contributed by atoms with Gasteiger partial charge in [0.15, 0.2) is 5.82 Å². The van der Waals surface area contributed by atoms with Crippen molar-refractivity contribution in [1.29, 1.82) is 0 Å². The molecule has 0 radical (unpaired) electrons. The highest BCUT2D eigenvalue weighted by atomic mass is 19.4. The minimum absolute atomic E-state index is 0.232. The molecule has 0 aliphatic rings. The van der Waals surface area contributed by atoms with Gasteiger partial charge in [-0.15, -0.1) is 0 Å². The summed E-state index contributed by atoms with van der Waals surface area (Å²) in [5.41, 5.74) is 0.202. The van der Waals surface area contributed by atoms with E-state index in [1.54, 1.807) is 13.0 Å². The van der Waals surface area contributed by atoms with Gasteiger partial charge in [0.05, 0.1) is 23.0 Å². The number of pyridine rings is 1. The standard InChI is InChI=1S/C17H13F3N4O2/c1-10-6-15(24-26-10)22-14-7-11(8-21-9-14)16(25)23-13-4-2-12(3-5-13)17(18,19)20/h2-9H,1H3,(H,22,24)(H,23,25). The summed E-state index contributed by atoms with van der Waals surface area (Å²) < 4.78 is 42.6. The van der Waals surface area contributed by atoms with Crippen LogP contribution in [0, 0.1) is 6.92 Å². The van der Waals surface area contributed by atoms with Gasteiger partial charge in [-0.1, -0.05) is 5.16 Å². The fourth-order valence-corrected chi connectivity index (χ4v) is 2.15. The number of anilines is 3. The van der Waals surface area contributed by atoms with Crippen LogP contribution in [0.15, 0.2) is 53.3 Å². The summed E-state index contributed by atoms with van der Waals surface area (Å²) in [7, 11) is 0. The topological polar surface area (TPSA) is 80.0 Å². The van der Waals surface area contributed by atoms with Crippen molar-refractivity contribution in [2.75, 3.05) is 10.6 Å². The van der Waals surface area contributed by atoms with E-state index < -0.39 is 17.6 Å². The molecule has 0 bridgehead atoms. The molecule has 0 spiro atoms. The fourth-order valence-electron chi connectivity index (χ4n) is 2.15. The van der Waals surface area contributed by atoms with Crippen molar-refractivity contribution in [2.45, 2.75) is 13.1 Å². The zero-order valence-electron chi connectivity index (χ0n) is 13.5. The monoisotopic (exact) mass is 362 g/mol. The average molecular weight is 362 g/mol. The molecule has 2 N–H and O–H groups in total. The van der Waals surface area contributed by atoms with Crippen molar-refractivity contribution in [3.63, 3.8) is 0 Å². The van der Waals surface area contributed by atoms with Crippen LogP contribution in [0.1, 0.15) is 21.7 Å². The molecule has 0 fully saturated rings. The van der Waals surface area contributed by atoms with Crippen LogP contribution in [-0.2, 0) is 6.18 Å². The minimum atomic E-state index is -4.42. The minimum Gasteiger partial charge on any atom is -0.360 e. The second kappa shape index (κ2) is 6.87. The van der Waals surface area contributed by atoms with Gasteiger partial charge < -0.3 is 15.2 Å². The summed E-state index contributed by atoms with van der Waals surface area (Å²) in [6.07, 6.45) is -1.58. The van der Waals surface area contributed by atoms with Gasteiger partial charge in [-0.05, 0) is 37.3 Å². The molecule has 0 aliphatic heterocycles. The molecule has 2 heterocycles. The third-order valence-electron chi connectivity index (χ3n) is 3.37. The molecule has 0 saturated heterocycles. The highest BCUT2D eigenvalue weighted by Gasteiger charge is 2.30. The SMILES string of the molecule is Cc1cc(Nc2cncc(C(=O)Nc3ccc(C(F)(F)F)cc3)c2)no1. The lowest BCUT2D eigenvalue weighted by Crippen LogP contribution is -2.13. The molecule has 26 heavy (non-hydrogen) atoms. The maximum absolute atomic E-state index is 12.6. The number of benzene rings is 1. The highest BCUT2D eigenvalue weighted by Crippen LogP contribution is 2.29. The molecular formula is C17H13F3N4O2. The van der Waals surface area contributed by atoms with Crippen LogP contribution in [0.2, 0.25) is 0 Å². The number of carbonyl (C=O) groups excluding carboxylic acids is 1. The summed E-state index contributed by atoms with van der Waals surface area (Å²) in [6.45, 7) is 1.74. The quantitative estimate of drug-likeness (QED) is 0.719. The van der Waals surface area contributed by atoms with Gasteiger partial charge in [-0.2, -0.15) is 13.2 Å². The van der Waals surface area contributed by atoms with Crippen molar-refractivity contribution in [1.82, 2.24) is 10.1 Å². The molecule has 0 atom stereocenters. The summed E-state index contributed by atoms with van der Waals surface area (Å²) in [6, 6.07) is 7.39. The Bertz CT molecular complexity index is 920. The molecule has 6 nitrogen and oxygen atoms in total. The van der Waals surface area contributed by atoms with Gasteiger partial charge in [0.2, 0.25) is 0 Å². The second-order valence-electron chi connectivity index (χ2n) is 5.44.